The maximum Gasteiger partial charge on any atom is 0.332 e. The van der Waals surface area contributed by atoms with Gasteiger partial charge in [0, 0.05) is 22.1 Å². The van der Waals surface area contributed by atoms with E-state index in [1.165, 1.54) is 0 Å². The lowest BCUT2D eigenvalue weighted by molar-refractivity contribution is -0.132. The molecule has 0 aromatic carbocycles. The van der Waals surface area contributed by atoms with Crippen LogP contribution in [0, 0.1) is 0 Å². The SMILES string of the molecule is CC1=NCC(c2cccs2)C(C(=O)O)=C1. The highest BCUT2D eigenvalue weighted by atomic mass is 32.1. The van der Waals surface area contributed by atoms with Crippen LogP contribution in [0.3, 0.4) is 0 Å². The summed E-state index contributed by atoms with van der Waals surface area (Å²) in [5, 5.41) is 11.1. The Labute approximate surface area is 91.8 Å². The summed E-state index contributed by atoms with van der Waals surface area (Å²) in [7, 11) is 0. The number of aliphatic imine (C=N–C) groups is 1. The van der Waals surface area contributed by atoms with Crippen molar-refractivity contribution in [3.8, 4) is 0 Å². The van der Waals surface area contributed by atoms with E-state index in [0.29, 0.717) is 12.1 Å². The van der Waals surface area contributed by atoms with Gasteiger partial charge in [-0.05, 0) is 24.4 Å². The van der Waals surface area contributed by atoms with Crippen LogP contribution < -0.4 is 0 Å². The van der Waals surface area contributed by atoms with Gasteiger partial charge in [0.25, 0.3) is 0 Å². The average molecular weight is 221 g/mol. The van der Waals surface area contributed by atoms with Crippen LogP contribution in [0.4, 0.5) is 0 Å². The zero-order valence-corrected chi connectivity index (χ0v) is 9.12. The van der Waals surface area contributed by atoms with Gasteiger partial charge in [-0.25, -0.2) is 4.79 Å². The van der Waals surface area contributed by atoms with Gasteiger partial charge in [-0.2, -0.15) is 0 Å². The van der Waals surface area contributed by atoms with E-state index in [9.17, 15) is 4.79 Å². The number of thiophene rings is 1. The zero-order valence-electron chi connectivity index (χ0n) is 8.30. The molecule has 1 N–H and O–H groups in total. The molecule has 1 aliphatic rings. The molecular weight excluding hydrogens is 210 g/mol. The summed E-state index contributed by atoms with van der Waals surface area (Å²) < 4.78 is 0. The van der Waals surface area contributed by atoms with E-state index < -0.39 is 5.97 Å². The Hall–Kier alpha value is -1.42. The van der Waals surface area contributed by atoms with E-state index in [0.717, 1.165) is 10.6 Å². The second-order valence-corrected chi connectivity index (χ2v) is 4.43. The van der Waals surface area contributed by atoms with Gasteiger partial charge in [0.2, 0.25) is 0 Å². The lowest BCUT2D eigenvalue weighted by atomic mass is 9.94. The quantitative estimate of drug-likeness (QED) is 0.833. The first-order valence-corrected chi connectivity index (χ1v) is 5.56. The van der Waals surface area contributed by atoms with Crippen molar-refractivity contribution in [1.29, 1.82) is 0 Å². The van der Waals surface area contributed by atoms with Gasteiger partial charge in [0.1, 0.15) is 0 Å². The lowest BCUT2D eigenvalue weighted by Crippen LogP contribution is -2.18. The zero-order chi connectivity index (χ0) is 10.8. The normalized spacial score (nSPS) is 20.7. The molecule has 0 spiro atoms. The Bertz CT molecular complexity index is 431. The van der Waals surface area contributed by atoms with Crippen molar-refractivity contribution in [2.24, 2.45) is 4.99 Å². The molecule has 0 aliphatic carbocycles. The minimum Gasteiger partial charge on any atom is -0.478 e. The molecule has 15 heavy (non-hydrogen) atoms. The summed E-state index contributed by atoms with van der Waals surface area (Å²) in [5.74, 6) is -0.922. The molecule has 0 fully saturated rings. The predicted molar refractivity (Wildman–Crippen MR) is 60.8 cm³/mol. The molecule has 2 rings (SSSR count). The van der Waals surface area contributed by atoms with Crippen molar-refractivity contribution in [2.75, 3.05) is 6.54 Å². The first kappa shape index (κ1) is 10.1. The number of nitrogens with zero attached hydrogens (tertiary/aromatic N) is 1. The fourth-order valence-corrected chi connectivity index (χ4v) is 2.49. The second-order valence-electron chi connectivity index (χ2n) is 3.45. The highest BCUT2D eigenvalue weighted by molar-refractivity contribution is 7.10. The van der Waals surface area contributed by atoms with Crippen molar-refractivity contribution in [2.45, 2.75) is 12.8 Å². The van der Waals surface area contributed by atoms with E-state index in [2.05, 4.69) is 4.99 Å². The molecule has 1 aromatic rings. The molecule has 0 radical (unpaired) electrons. The molecule has 2 heterocycles. The number of hydrogen-bond acceptors (Lipinski definition) is 3. The fourth-order valence-electron chi connectivity index (χ4n) is 1.65. The van der Waals surface area contributed by atoms with E-state index in [1.54, 1.807) is 17.4 Å². The Morgan fingerprint density at radius 3 is 3.07 bits per heavy atom. The molecule has 0 saturated carbocycles. The first-order chi connectivity index (χ1) is 7.18. The minimum atomic E-state index is -0.845. The molecule has 0 amide bonds. The van der Waals surface area contributed by atoms with Crippen LogP contribution in [0.2, 0.25) is 0 Å². The van der Waals surface area contributed by atoms with Crippen LogP contribution in [0.1, 0.15) is 17.7 Å². The number of rotatable bonds is 2. The van der Waals surface area contributed by atoms with Crippen LogP contribution in [-0.2, 0) is 4.79 Å². The summed E-state index contributed by atoms with van der Waals surface area (Å²) in [6.07, 6.45) is 1.66. The Balaban J connectivity index is 2.36. The summed E-state index contributed by atoms with van der Waals surface area (Å²) in [5.41, 5.74) is 1.24. The third kappa shape index (κ3) is 1.99. The summed E-state index contributed by atoms with van der Waals surface area (Å²) in [4.78, 5) is 16.4. The van der Waals surface area contributed by atoms with E-state index >= 15 is 0 Å². The fraction of sp³-hybridized carbons (Fsp3) is 0.273. The maximum atomic E-state index is 11.1. The van der Waals surface area contributed by atoms with Crippen molar-refractivity contribution in [3.63, 3.8) is 0 Å². The molecular formula is C11H11NO2S. The van der Waals surface area contributed by atoms with Crippen LogP contribution in [-0.4, -0.2) is 23.3 Å². The number of hydrogen-bond donors (Lipinski definition) is 1. The van der Waals surface area contributed by atoms with Gasteiger partial charge in [0.05, 0.1) is 6.54 Å². The topological polar surface area (TPSA) is 49.7 Å². The molecule has 0 saturated heterocycles. The van der Waals surface area contributed by atoms with E-state index in [-0.39, 0.29) is 5.92 Å². The smallest absolute Gasteiger partial charge is 0.332 e. The Kier molecular flexibility index (Phi) is 2.68. The molecule has 1 aliphatic heterocycles. The van der Waals surface area contributed by atoms with Crippen LogP contribution in [0.5, 0.6) is 0 Å². The van der Waals surface area contributed by atoms with Gasteiger partial charge in [0.15, 0.2) is 0 Å². The first-order valence-electron chi connectivity index (χ1n) is 4.68. The molecule has 78 valence electrons. The third-order valence-corrected chi connectivity index (χ3v) is 3.38. The monoisotopic (exact) mass is 221 g/mol. The van der Waals surface area contributed by atoms with Gasteiger partial charge in [-0.15, -0.1) is 11.3 Å². The molecule has 4 heteroatoms. The van der Waals surface area contributed by atoms with Crippen LogP contribution >= 0.6 is 11.3 Å². The summed E-state index contributed by atoms with van der Waals surface area (Å²) >= 11 is 1.58. The van der Waals surface area contributed by atoms with Gasteiger partial charge >= 0.3 is 5.97 Å². The van der Waals surface area contributed by atoms with Crippen LogP contribution in [0.25, 0.3) is 0 Å². The van der Waals surface area contributed by atoms with Crippen molar-refractivity contribution in [1.82, 2.24) is 0 Å². The molecule has 3 nitrogen and oxygen atoms in total. The van der Waals surface area contributed by atoms with Crippen LogP contribution in [0.15, 0.2) is 34.2 Å². The number of carbonyl (C=O) groups is 1. The van der Waals surface area contributed by atoms with Gasteiger partial charge in [-0.3, -0.25) is 4.99 Å². The predicted octanol–water partition coefficient (Wildman–Crippen LogP) is 2.32. The number of carboxylic acids is 1. The Morgan fingerprint density at radius 2 is 2.47 bits per heavy atom. The third-order valence-electron chi connectivity index (χ3n) is 2.40. The van der Waals surface area contributed by atoms with Gasteiger partial charge < -0.3 is 5.11 Å². The van der Waals surface area contributed by atoms with Gasteiger partial charge in [-0.1, -0.05) is 6.07 Å². The number of aliphatic carboxylic acids is 1. The second kappa shape index (κ2) is 3.98. The molecule has 1 aromatic heterocycles. The average Bonchev–Trinajstić information content (AvgIpc) is 2.70. The standard InChI is InChI=1S/C11H11NO2S/c1-7-5-8(11(13)14)9(6-12-7)10-3-2-4-15-10/h2-5,9H,6H2,1H3,(H,13,14). The summed E-state index contributed by atoms with van der Waals surface area (Å²) in [6, 6.07) is 3.90. The number of dihydropyridines is 1. The van der Waals surface area contributed by atoms with Crippen molar-refractivity contribution >= 4 is 23.0 Å². The largest absolute Gasteiger partial charge is 0.478 e. The molecule has 1 unspecified atom stereocenters. The highest BCUT2D eigenvalue weighted by Crippen LogP contribution is 2.30. The van der Waals surface area contributed by atoms with Crippen molar-refractivity contribution < 1.29 is 9.90 Å². The molecule has 0 bridgehead atoms. The maximum absolute atomic E-state index is 11.1. The summed E-state index contributed by atoms with van der Waals surface area (Å²) in [6.45, 7) is 2.37. The van der Waals surface area contributed by atoms with Crippen molar-refractivity contribution in [3.05, 3.63) is 34.0 Å². The molecule has 1 atom stereocenters. The highest BCUT2D eigenvalue weighted by Gasteiger charge is 2.25. The minimum absolute atomic E-state index is 0.0776. The van der Waals surface area contributed by atoms with E-state index in [4.69, 9.17) is 5.11 Å². The number of carboxylic acid groups (broad SMARTS) is 1. The van der Waals surface area contributed by atoms with E-state index in [1.807, 2.05) is 24.4 Å². The Morgan fingerprint density at radius 1 is 1.67 bits per heavy atom. The lowest BCUT2D eigenvalue weighted by Gasteiger charge is -2.18. The number of allylic oxidation sites excluding steroid dienone is 1.